The lowest BCUT2D eigenvalue weighted by Crippen LogP contribution is -2.35. The summed E-state index contributed by atoms with van der Waals surface area (Å²) in [5.74, 6) is 0.000791. The number of allylic oxidation sites excluding steroid dienone is 4. The van der Waals surface area contributed by atoms with Crippen LogP contribution in [0.3, 0.4) is 0 Å². The maximum Gasteiger partial charge on any atom is 0.316 e. The van der Waals surface area contributed by atoms with Gasteiger partial charge < -0.3 is 4.74 Å². The molecule has 150 valence electrons. The molecule has 1 aromatic rings. The van der Waals surface area contributed by atoms with Crippen LogP contribution in [0, 0.1) is 23.7 Å². The molecule has 0 N–H and O–H groups in total. The third kappa shape index (κ3) is 5.14. The summed E-state index contributed by atoms with van der Waals surface area (Å²) in [6, 6.07) is 7.40. The SMILES string of the molecule is CCOC(=O)C(Cc1ccccc1Cl)C(=O)[C@H]1CC[C@H](C2C=CC=CC2)CC1. The van der Waals surface area contributed by atoms with E-state index in [1.807, 2.05) is 18.2 Å². The molecule has 0 amide bonds. The third-order valence-electron chi connectivity index (χ3n) is 6.09. The number of halogens is 1. The van der Waals surface area contributed by atoms with Gasteiger partial charge in [-0.1, -0.05) is 54.1 Å². The van der Waals surface area contributed by atoms with Crippen molar-refractivity contribution in [2.24, 2.45) is 23.7 Å². The number of hydrogen-bond acceptors (Lipinski definition) is 3. The van der Waals surface area contributed by atoms with Crippen LogP contribution < -0.4 is 0 Å². The monoisotopic (exact) mass is 400 g/mol. The van der Waals surface area contributed by atoms with Gasteiger partial charge in [0.1, 0.15) is 5.92 Å². The molecule has 0 bridgehead atoms. The zero-order chi connectivity index (χ0) is 19.9. The van der Waals surface area contributed by atoms with Crippen molar-refractivity contribution < 1.29 is 14.3 Å². The predicted molar refractivity (Wildman–Crippen MR) is 112 cm³/mol. The fourth-order valence-electron chi connectivity index (χ4n) is 4.49. The van der Waals surface area contributed by atoms with Gasteiger partial charge in [0.05, 0.1) is 6.61 Å². The van der Waals surface area contributed by atoms with Crippen molar-refractivity contribution in [3.63, 3.8) is 0 Å². The maximum atomic E-state index is 13.2. The highest BCUT2D eigenvalue weighted by Gasteiger charge is 2.37. The van der Waals surface area contributed by atoms with Crippen LogP contribution in [0.2, 0.25) is 5.02 Å². The van der Waals surface area contributed by atoms with E-state index >= 15 is 0 Å². The van der Waals surface area contributed by atoms with Crippen LogP contribution in [0.5, 0.6) is 0 Å². The first-order valence-electron chi connectivity index (χ1n) is 10.4. The molecule has 28 heavy (non-hydrogen) atoms. The standard InChI is InChI=1S/C24H29ClO3/c1-2-28-24(27)21(16-20-10-6-7-11-22(20)25)23(26)19-14-12-18(13-15-19)17-8-4-3-5-9-17/h3-8,10-11,17-19,21H,2,9,12-16H2,1H3/t17?,18-,19-,21?. The highest BCUT2D eigenvalue weighted by Crippen LogP contribution is 2.38. The zero-order valence-corrected chi connectivity index (χ0v) is 17.2. The first kappa shape index (κ1) is 20.9. The quantitative estimate of drug-likeness (QED) is 0.444. The van der Waals surface area contributed by atoms with Gasteiger partial charge in [-0.25, -0.2) is 0 Å². The van der Waals surface area contributed by atoms with E-state index < -0.39 is 11.9 Å². The van der Waals surface area contributed by atoms with Crippen molar-refractivity contribution in [3.8, 4) is 0 Å². The molecular weight excluding hydrogens is 372 g/mol. The van der Waals surface area contributed by atoms with Gasteiger partial charge in [0.25, 0.3) is 0 Å². The molecule has 2 aliphatic carbocycles. The molecule has 1 aromatic carbocycles. The van der Waals surface area contributed by atoms with Gasteiger partial charge in [0.2, 0.25) is 0 Å². The van der Waals surface area contributed by atoms with Crippen LogP contribution in [0.1, 0.15) is 44.6 Å². The summed E-state index contributed by atoms with van der Waals surface area (Å²) in [4.78, 5) is 25.8. The number of benzene rings is 1. The van der Waals surface area contributed by atoms with Crippen LogP contribution in [0.15, 0.2) is 48.6 Å². The molecule has 0 heterocycles. The van der Waals surface area contributed by atoms with E-state index in [2.05, 4.69) is 24.3 Å². The van der Waals surface area contributed by atoms with Crippen molar-refractivity contribution in [1.29, 1.82) is 0 Å². The lowest BCUT2D eigenvalue weighted by atomic mass is 9.71. The predicted octanol–water partition coefficient (Wildman–Crippen LogP) is 5.57. The van der Waals surface area contributed by atoms with E-state index in [9.17, 15) is 9.59 Å². The fraction of sp³-hybridized carbons (Fsp3) is 0.500. The molecule has 0 aromatic heterocycles. The molecule has 2 atom stereocenters. The van der Waals surface area contributed by atoms with Gasteiger partial charge in [-0.3, -0.25) is 9.59 Å². The van der Waals surface area contributed by atoms with E-state index in [-0.39, 0.29) is 18.3 Å². The highest BCUT2D eigenvalue weighted by atomic mass is 35.5. The van der Waals surface area contributed by atoms with Gasteiger partial charge in [0.15, 0.2) is 5.78 Å². The molecule has 0 saturated heterocycles. The number of rotatable bonds is 7. The first-order chi connectivity index (χ1) is 13.6. The molecule has 4 heteroatoms. The average Bonchev–Trinajstić information content (AvgIpc) is 2.73. The Morgan fingerprint density at radius 2 is 1.89 bits per heavy atom. The van der Waals surface area contributed by atoms with E-state index in [1.54, 1.807) is 13.0 Å². The van der Waals surface area contributed by atoms with E-state index in [0.29, 0.717) is 23.3 Å². The Morgan fingerprint density at radius 3 is 2.54 bits per heavy atom. The minimum absolute atomic E-state index is 0.0240. The van der Waals surface area contributed by atoms with Crippen molar-refractivity contribution in [2.45, 2.75) is 45.4 Å². The number of hydrogen-bond donors (Lipinski definition) is 0. The Bertz CT molecular complexity index is 744. The topological polar surface area (TPSA) is 43.4 Å². The summed E-state index contributed by atoms with van der Waals surface area (Å²) < 4.78 is 5.22. The van der Waals surface area contributed by atoms with Gasteiger partial charge in [-0.05, 0) is 68.9 Å². The Kier molecular flexibility index (Phi) is 7.50. The molecule has 0 radical (unpaired) electrons. The second-order valence-electron chi connectivity index (χ2n) is 7.83. The Morgan fingerprint density at radius 1 is 1.14 bits per heavy atom. The minimum Gasteiger partial charge on any atom is -0.465 e. The fourth-order valence-corrected chi connectivity index (χ4v) is 4.71. The Hall–Kier alpha value is -1.87. The van der Waals surface area contributed by atoms with Crippen LogP contribution in [0.25, 0.3) is 0 Å². The number of carbonyl (C=O) groups is 2. The normalized spacial score (nSPS) is 25.3. The van der Waals surface area contributed by atoms with Gasteiger partial charge in [-0.15, -0.1) is 0 Å². The van der Waals surface area contributed by atoms with Gasteiger partial charge in [-0.2, -0.15) is 0 Å². The number of ketones is 1. The van der Waals surface area contributed by atoms with Crippen LogP contribution in [-0.2, 0) is 20.7 Å². The molecule has 3 nitrogen and oxygen atoms in total. The molecule has 0 aliphatic heterocycles. The lowest BCUT2D eigenvalue weighted by molar-refractivity contribution is -0.153. The van der Waals surface area contributed by atoms with Crippen molar-refractivity contribution in [1.82, 2.24) is 0 Å². The van der Waals surface area contributed by atoms with Crippen molar-refractivity contribution in [2.75, 3.05) is 6.61 Å². The van der Waals surface area contributed by atoms with Crippen molar-refractivity contribution >= 4 is 23.4 Å². The van der Waals surface area contributed by atoms with Gasteiger partial charge >= 0.3 is 5.97 Å². The average molecular weight is 401 g/mol. The summed E-state index contributed by atoms with van der Waals surface area (Å²) in [7, 11) is 0. The van der Waals surface area contributed by atoms with E-state index in [0.717, 1.165) is 37.7 Å². The lowest BCUT2D eigenvalue weighted by Gasteiger charge is -2.33. The first-order valence-corrected chi connectivity index (χ1v) is 10.7. The number of Topliss-reactive ketones (excluding diaryl/α,β-unsaturated/α-hetero) is 1. The molecule has 2 aliphatic rings. The largest absolute Gasteiger partial charge is 0.465 e. The molecule has 3 rings (SSSR count). The molecule has 2 unspecified atom stereocenters. The molecule has 1 fully saturated rings. The summed E-state index contributed by atoms with van der Waals surface area (Å²) in [6.07, 6.45) is 14.0. The number of carbonyl (C=O) groups excluding carboxylic acids is 2. The zero-order valence-electron chi connectivity index (χ0n) is 16.5. The minimum atomic E-state index is -0.765. The summed E-state index contributed by atoms with van der Waals surface area (Å²) in [6.45, 7) is 2.05. The second kappa shape index (κ2) is 10.1. The van der Waals surface area contributed by atoms with Crippen molar-refractivity contribution in [3.05, 3.63) is 59.2 Å². The van der Waals surface area contributed by atoms with E-state index in [1.165, 1.54) is 0 Å². The summed E-state index contributed by atoms with van der Waals surface area (Å²) in [5.41, 5.74) is 0.823. The number of ether oxygens (including phenoxy) is 1. The molecule has 1 saturated carbocycles. The molecule has 0 spiro atoms. The summed E-state index contributed by atoms with van der Waals surface area (Å²) in [5, 5.41) is 0.588. The highest BCUT2D eigenvalue weighted by molar-refractivity contribution is 6.31. The van der Waals surface area contributed by atoms with Crippen LogP contribution in [-0.4, -0.2) is 18.4 Å². The second-order valence-corrected chi connectivity index (χ2v) is 8.23. The number of esters is 1. The van der Waals surface area contributed by atoms with E-state index in [4.69, 9.17) is 16.3 Å². The third-order valence-corrected chi connectivity index (χ3v) is 6.46. The Balaban J connectivity index is 1.66. The van der Waals surface area contributed by atoms with Crippen LogP contribution >= 0.6 is 11.6 Å². The van der Waals surface area contributed by atoms with Gasteiger partial charge in [0, 0.05) is 10.9 Å². The maximum absolute atomic E-state index is 13.2. The van der Waals surface area contributed by atoms with Crippen LogP contribution in [0.4, 0.5) is 0 Å². The Labute approximate surface area is 172 Å². The molecular formula is C24H29ClO3. The smallest absolute Gasteiger partial charge is 0.316 e. The summed E-state index contributed by atoms with van der Waals surface area (Å²) >= 11 is 6.27.